The van der Waals surface area contributed by atoms with Crippen molar-refractivity contribution in [3.63, 3.8) is 0 Å². The molecule has 29 heavy (non-hydrogen) atoms. The van der Waals surface area contributed by atoms with Crippen LogP contribution in [0.4, 0.5) is 0 Å². The lowest BCUT2D eigenvalue weighted by atomic mass is 10.0. The first-order valence-corrected chi connectivity index (χ1v) is 8.94. The highest BCUT2D eigenvalue weighted by molar-refractivity contribution is 5.97. The molecule has 3 aromatic rings. The van der Waals surface area contributed by atoms with Gasteiger partial charge >= 0.3 is 5.97 Å². The second kappa shape index (κ2) is 8.52. The van der Waals surface area contributed by atoms with E-state index in [1.807, 2.05) is 0 Å². The molecule has 0 bridgehead atoms. The number of esters is 1. The van der Waals surface area contributed by atoms with Crippen LogP contribution < -0.4 is 15.0 Å². The van der Waals surface area contributed by atoms with E-state index < -0.39 is 11.5 Å². The van der Waals surface area contributed by atoms with Gasteiger partial charge in [-0.1, -0.05) is 0 Å². The minimum atomic E-state index is -0.505. The van der Waals surface area contributed by atoms with Crippen molar-refractivity contribution in [3.05, 3.63) is 64.6 Å². The van der Waals surface area contributed by atoms with Gasteiger partial charge in [0.25, 0.3) is 5.56 Å². The Morgan fingerprint density at radius 1 is 1.10 bits per heavy atom. The van der Waals surface area contributed by atoms with Crippen LogP contribution in [0, 0.1) is 0 Å². The Hall–Kier alpha value is -3.74. The van der Waals surface area contributed by atoms with Crippen LogP contribution >= 0.6 is 0 Å². The maximum Gasteiger partial charge on any atom is 0.330 e. The molecule has 1 aromatic heterocycles. The molecule has 0 aliphatic carbocycles. The molecule has 0 fully saturated rings. The van der Waals surface area contributed by atoms with Gasteiger partial charge in [-0.25, -0.2) is 4.79 Å². The molecule has 0 saturated carbocycles. The number of aromatic nitrogens is 1. The Labute approximate surface area is 167 Å². The molecule has 0 atom stereocenters. The first kappa shape index (κ1) is 20.0. The SMILES string of the molecule is CCOC(=O)C=Cc1cn(-c2ccc(OC)cc2)c(=O)c2c(O)cc(OC)cc12. The predicted octanol–water partition coefficient (Wildman–Crippen LogP) is 3.29. The minimum absolute atomic E-state index is 0.118. The molecule has 1 N–H and O–H groups in total. The van der Waals surface area contributed by atoms with E-state index in [4.69, 9.17) is 14.2 Å². The Morgan fingerprint density at radius 2 is 1.79 bits per heavy atom. The summed E-state index contributed by atoms with van der Waals surface area (Å²) < 4.78 is 16.7. The van der Waals surface area contributed by atoms with Gasteiger partial charge in [-0.3, -0.25) is 9.36 Å². The van der Waals surface area contributed by atoms with Gasteiger partial charge in [0.05, 0.1) is 26.2 Å². The molecule has 0 spiro atoms. The Morgan fingerprint density at radius 3 is 2.41 bits per heavy atom. The van der Waals surface area contributed by atoms with Crippen LogP contribution in [0.3, 0.4) is 0 Å². The molecule has 0 aliphatic rings. The zero-order valence-corrected chi connectivity index (χ0v) is 16.3. The van der Waals surface area contributed by atoms with Gasteiger partial charge in [0.15, 0.2) is 0 Å². The quantitative estimate of drug-likeness (QED) is 0.509. The summed E-state index contributed by atoms with van der Waals surface area (Å²) in [5.74, 6) is 0.327. The fraction of sp³-hybridized carbons (Fsp3) is 0.182. The van der Waals surface area contributed by atoms with E-state index in [1.54, 1.807) is 56.6 Å². The van der Waals surface area contributed by atoms with Crippen LogP contribution in [0.1, 0.15) is 12.5 Å². The summed E-state index contributed by atoms with van der Waals surface area (Å²) >= 11 is 0. The third-order valence-corrected chi connectivity index (χ3v) is 4.37. The molecule has 3 rings (SSSR count). The van der Waals surface area contributed by atoms with Crippen molar-refractivity contribution in [2.45, 2.75) is 6.92 Å². The third-order valence-electron chi connectivity index (χ3n) is 4.37. The average Bonchev–Trinajstić information content (AvgIpc) is 2.73. The molecular formula is C22H21NO6. The molecule has 0 saturated heterocycles. The molecule has 0 amide bonds. The second-order valence-electron chi connectivity index (χ2n) is 6.11. The van der Waals surface area contributed by atoms with E-state index >= 15 is 0 Å². The molecule has 0 aliphatic heterocycles. The first-order valence-electron chi connectivity index (χ1n) is 8.94. The zero-order valence-electron chi connectivity index (χ0n) is 16.3. The molecular weight excluding hydrogens is 374 g/mol. The van der Waals surface area contributed by atoms with Gasteiger partial charge in [0.2, 0.25) is 0 Å². The largest absolute Gasteiger partial charge is 0.507 e. The van der Waals surface area contributed by atoms with E-state index in [0.717, 1.165) is 0 Å². The van der Waals surface area contributed by atoms with E-state index in [9.17, 15) is 14.7 Å². The Kier molecular flexibility index (Phi) is 5.87. The van der Waals surface area contributed by atoms with Crippen LogP contribution in [-0.4, -0.2) is 36.5 Å². The highest BCUT2D eigenvalue weighted by Crippen LogP contribution is 2.31. The zero-order chi connectivity index (χ0) is 21.0. The van der Waals surface area contributed by atoms with E-state index in [-0.39, 0.29) is 17.7 Å². The van der Waals surface area contributed by atoms with Gasteiger partial charge < -0.3 is 19.3 Å². The van der Waals surface area contributed by atoms with E-state index in [1.165, 1.54) is 23.8 Å². The second-order valence-corrected chi connectivity index (χ2v) is 6.11. The predicted molar refractivity (Wildman–Crippen MR) is 110 cm³/mol. The maximum absolute atomic E-state index is 13.1. The average molecular weight is 395 g/mol. The van der Waals surface area contributed by atoms with Gasteiger partial charge in [0.1, 0.15) is 17.2 Å². The normalized spacial score (nSPS) is 11.0. The first-order chi connectivity index (χ1) is 14.0. The number of pyridine rings is 1. The number of rotatable bonds is 6. The summed E-state index contributed by atoms with van der Waals surface area (Å²) in [7, 11) is 3.02. The third kappa shape index (κ3) is 4.08. The standard InChI is InChI=1S/C22H21NO6/c1-4-29-20(25)10-5-14-13-23(15-6-8-16(27-2)9-7-15)22(26)21-18(14)11-17(28-3)12-19(21)24/h5-13,24H,4H2,1-3H3. The minimum Gasteiger partial charge on any atom is -0.507 e. The van der Waals surface area contributed by atoms with Crippen LogP contribution in [0.2, 0.25) is 0 Å². The fourth-order valence-corrected chi connectivity index (χ4v) is 2.97. The van der Waals surface area contributed by atoms with Crippen molar-refractivity contribution in [1.82, 2.24) is 4.57 Å². The van der Waals surface area contributed by atoms with Crippen LogP contribution in [0.15, 0.2) is 53.5 Å². The van der Waals surface area contributed by atoms with Crippen molar-refractivity contribution >= 4 is 22.8 Å². The number of ether oxygens (including phenoxy) is 3. The smallest absolute Gasteiger partial charge is 0.330 e. The highest BCUT2D eigenvalue weighted by Gasteiger charge is 2.15. The van der Waals surface area contributed by atoms with Gasteiger partial charge in [-0.05, 0) is 48.9 Å². The number of carbonyl (C=O) groups excluding carboxylic acids is 1. The van der Waals surface area contributed by atoms with Crippen molar-refractivity contribution in [1.29, 1.82) is 0 Å². The number of carbonyl (C=O) groups is 1. The summed E-state index contributed by atoms with van der Waals surface area (Å²) in [6.07, 6.45) is 4.41. The Balaban J connectivity index is 2.27. The molecule has 7 heteroatoms. The lowest BCUT2D eigenvalue weighted by Crippen LogP contribution is -2.19. The topological polar surface area (TPSA) is 87.0 Å². The molecule has 0 radical (unpaired) electrons. The number of phenolic OH excluding ortho intramolecular Hbond substituents is 1. The number of fused-ring (bicyclic) bond motifs is 1. The monoisotopic (exact) mass is 395 g/mol. The summed E-state index contributed by atoms with van der Waals surface area (Å²) in [6, 6.07) is 9.93. The van der Waals surface area contributed by atoms with E-state index in [0.29, 0.717) is 28.1 Å². The summed E-state index contributed by atoms with van der Waals surface area (Å²) in [5, 5.41) is 11.0. The molecule has 150 valence electrons. The Bertz CT molecular complexity index is 1130. The number of aromatic hydroxyl groups is 1. The van der Waals surface area contributed by atoms with Crippen LogP contribution in [0.25, 0.3) is 22.5 Å². The molecule has 2 aromatic carbocycles. The summed E-state index contributed by atoms with van der Waals surface area (Å²) in [5.41, 5.74) is 0.718. The number of benzene rings is 2. The van der Waals surface area contributed by atoms with Gasteiger partial charge in [-0.15, -0.1) is 0 Å². The number of hydrogen-bond donors (Lipinski definition) is 1. The number of phenols is 1. The molecule has 0 unspecified atom stereocenters. The van der Waals surface area contributed by atoms with Crippen molar-refractivity contribution in [2.75, 3.05) is 20.8 Å². The van der Waals surface area contributed by atoms with Crippen LogP contribution in [0.5, 0.6) is 17.2 Å². The van der Waals surface area contributed by atoms with Crippen molar-refractivity contribution in [3.8, 4) is 22.9 Å². The maximum atomic E-state index is 13.1. The van der Waals surface area contributed by atoms with Gasteiger partial charge in [0, 0.05) is 29.4 Å². The number of nitrogens with zero attached hydrogens (tertiary/aromatic N) is 1. The summed E-state index contributed by atoms with van der Waals surface area (Å²) in [6.45, 7) is 1.97. The fourth-order valence-electron chi connectivity index (χ4n) is 2.97. The van der Waals surface area contributed by atoms with Crippen molar-refractivity contribution < 1.29 is 24.1 Å². The molecule has 1 heterocycles. The number of hydrogen-bond acceptors (Lipinski definition) is 6. The van der Waals surface area contributed by atoms with E-state index in [2.05, 4.69) is 0 Å². The lowest BCUT2D eigenvalue weighted by molar-refractivity contribution is -0.137. The number of methoxy groups -OCH3 is 2. The molecule has 7 nitrogen and oxygen atoms in total. The van der Waals surface area contributed by atoms with Crippen LogP contribution in [-0.2, 0) is 9.53 Å². The van der Waals surface area contributed by atoms with Gasteiger partial charge in [-0.2, -0.15) is 0 Å². The van der Waals surface area contributed by atoms with Crippen molar-refractivity contribution in [2.24, 2.45) is 0 Å². The summed E-state index contributed by atoms with van der Waals surface area (Å²) in [4.78, 5) is 24.9. The lowest BCUT2D eigenvalue weighted by Gasteiger charge is -2.13. The highest BCUT2D eigenvalue weighted by atomic mass is 16.5.